The highest BCUT2D eigenvalue weighted by molar-refractivity contribution is 7.93. The van der Waals surface area contributed by atoms with Gasteiger partial charge in [-0.15, -0.1) is 15.7 Å². The number of carbonyl (C=O) groups excluding carboxylic acids is 1. The van der Waals surface area contributed by atoms with Gasteiger partial charge in [-0.05, 0) is 68.2 Å². The van der Waals surface area contributed by atoms with Gasteiger partial charge in [-0.25, -0.2) is 19.1 Å². The van der Waals surface area contributed by atoms with Crippen LogP contribution in [0.3, 0.4) is 0 Å². The summed E-state index contributed by atoms with van der Waals surface area (Å²) in [5.41, 5.74) is 3.48. The quantitative estimate of drug-likeness (QED) is 0.586. The Balaban J connectivity index is 1.66. The maximum absolute atomic E-state index is 12.8. The standard InChI is InChI=1S/C19H24N4O4S2/c1-19(2,26)15-9-21-18(28-15)29(20,27)23-17(25)22-16-11-5-3-4-10(11)8-13-12(16)6-7-14(13)24/h8-9,14,24,26H,3-7H2,1-2H3,(H3,20,22,23,25,27)/t14-,29-/m0/s1. The number of aliphatic hydroxyl groups is 2. The number of rotatable bonds is 3. The Labute approximate surface area is 173 Å². The average molecular weight is 437 g/mol. The molecule has 0 saturated heterocycles. The number of nitrogens with two attached hydrogens (primary N) is 1. The smallest absolute Gasteiger partial charge is 0.354 e. The Kier molecular flexibility index (Phi) is 5.02. The van der Waals surface area contributed by atoms with Crippen LogP contribution in [0.5, 0.6) is 0 Å². The van der Waals surface area contributed by atoms with E-state index in [1.54, 1.807) is 13.8 Å². The van der Waals surface area contributed by atoms with Crippen molar-refractivity contribution in [3.05, 3.63) is 39.4 Å². The number of fused-ring (bicyclic) bond motifs is 2. The van der Waals surface area contributed by atoms with E-state index in [0.717, 1.165) is 52.9 Å². The molecule has 156 valence electrons. The van der Waals surface area contributed by atoms with E-state index in [4.69, 9.17) is 5.14 Å². The number of benzene rings is 1. The minimum absolute atomic E-state index is 0.0104. The SMILES string of the molecule is CC(C)(O)c1cnc([S@@](N)(=O)=NC(=O)Nc2c3c(cc4c2CC[C@@H]4O)CCC3)s1. The van der Waals surface area contributed by atoms with Gasteiger partial charge in [-0.1, -0.05) is 6.07 Å². The van der Waals surface area contributed by atoms with Gasteiger partial charge in [-0.3, -0.25) is 0 Å². The maximum atomic E-state index is 12.8. The predicted molar refractivity (Wildman–Crippen MR) is 111 cm³/mol. The lowest BCUT2D eigenvalue weighted by Crippen LogP contribution is -2.19. The molecule has 5 N–H and O–H groups in total. The lowest BCUT2D eigenvalue weighted by molar-refractivity contribution is 0.0823. The third-order valence-corrected chi connectivity index (χ3v) is 8.47. The summed E-state index contributed by atoms with van der Waals surface area (Å²) in [7, 11) is -3.55. The van der Waals surface area contributed by atoms with Crippen LogP contribution in [-0.4, -0.2) is 25.4 Å². The van der Waals surface area contributed by atoms with Crippen LogP contribution in [0, 0.1) is 0 Å². The van der Waals surface area contributed by atoms with E-state index in [1.807, 2.05) is 6.07 Å². The zero-order chi connectivity index (χ0) is 21.0. The van der Waals surface area contributed by atoms with E-state index in [2.05, 4.69) is 14.7 Å². The number of amides is 2. The number of hydrogen-bond donors (Lipinski definition) is 4. The van der Waals surface area contributed by atoms with Crippen LogP contribution in [-0.2, 0) is 34.8 Å². The topological polar surface area (TPSA) is 138 Å². The number of aromatic nitrogens is 1. The zero-order valence-electron chi connectivity index (χ0n) is 16.3. The van der Waals surface area contributed by atoms with Crippen molar-refractivity contribution < 1.29 is 19.2 Å². The fourth-order valence-corrected chi connectivity index (χ4v) is 6.02. The number of nitrogens with zero attached hydrogens (tertiary/aromatic N) is 2. The maximum Gasteiger partial charge on any atom is 0.354 e. The monoisotopic (exact) mass is 436 g/mol. The summed E-state index contributed by atoms with van der Waals surface area (Å²) in [5.74, 6) is 0. The number of anilines is 1. The molecular weight excluding hydrogens is 412 g/mol. The summed E-state index contributed by atoms with van der Waals surface area (Å²) in [6.07, 6.45) is 4.87. The molecule has 1 aromatic carbocycles. The Morgan fingerprint density at radius 1 is 1.38 bits per heavy atom. The van der Waals surface area contributed by atoms with Crippen LogP contribution < -0.4 is 10.5 Å². The van der Waals surface area contributed by atoms with Crippen LogP contribution in [0.15, 0.2) is 21.0 Å². The molecule has 0 saturated carbocycles. The molecule has 4 rings (SSSR count). The summed E-state index contributed by atoms with van der Waals surface area (Å²) in [6.45, 7) is 3.16. The largest absolute Gasteiger partial charge is 0.388 e. The third kappa shape index (κ3) is 3.82. The Bertz CT molecular complexity index is 1110. The number of thiazole rings is 1. The summed E-state index contributed by atoms with van der Waals surface area (Å²) < 4.78 is 16.5. The molecule has 1 aromatic heterocycles. The molecule has 2 atom stereocenters. The molecule has 2 aliphatic carbocycles. The molecule has 2 aromatic rings. The van der Waals surface area contributed by atoms with Crippen molar-refractivity contribution in [2.24, 2.45) is 9.50 Å². The number of aliphatic hydroxyl groups excluding tert-OH is 1. The van der Waals surface area contributed by atoms with Crippen molar-refractivity contribution in [1.82, 2.24) is 4.98 Å². The van der Waals surface area contributed by atoms with Crippen molar-refractivity contribution in [2.45, 2.75) is 62.0 Å². The second kappa shape index (κ2) is 7.13. The molecule has 0 fully saturated rings. The molecule has 0 radical (unpaired) electrons. The van der Waals surface area contributed by atoms with Crippen LogP contribution in [0.25, 0.3) is 0 Å². The van der Waals surface area contributed by atoms with E-state index < -0.39 is 27.7 Å². The van der Waals surface area contributed by atoms with Gasteiger partial charge in [0.1, 0.15) is 0 Å². The lowest BCUT2D eigenvalue weighted by Gasteiger charge is -2.15. The fraction of sp³-hybridized carbons (Fsp3) is 0.474. The first kappa shape index (κ1) is 20.4. The molecule has 29 heavy (non-hydrogen) atoms. The molecule has 0 bridgehead atoms. The van der Waals surface area contributed by atoms with Gasteiger partial charge < -0.3 is 15.5 Å². The first-order chi connectivity index (χ1) is 13.6. The van der Waals surface area contributed by atoms with Crippen molar-refractivity contribution in [1.29, 1.82) is 0 Å². The van der Waals surface area contributed by atoms with Gasteiger partial charge in [0.05, 0.1) is 16.6 Å². The lowest BCUT2D eigenvalue weighted by atomic mass is 9.98. The highest BCUT2D eigenvalue weighted by Crippen LogP contribution is 2.42. The van der Waals surface area contributed by atoms with Gasteiger partial charge in [-0.2, -0.15) is 0 Å². The average Bonchev–Trinajstić information content (AvgIpc) is 3.33. The second-order valence-electron chi connectivity index (χ2n) is 8.00. The van der Waals surface area contributed by atoms with E-state index >= 15 is 0 Å². The molecule has 10 heteroatoms. The van der Waals surface area contributed by atoms with E-state index in [9.17, 15) is 19.2 Å². The van der Waals surface area contributed by atoms with Crippen LogP contribution >= 0.6 is 11.3 Å². The summed E-state index contributed by atoms with van der Waals surface area (Å²) >= 11 is 0.967. The zero-order valence-corrected chi connectivity index (χ0v) is 17.9. The molecule has 0 unspecified atom stereocenters. The van der Waals surface area contributed by atoms with Gasteiger partial charge in [0.15, 0.2) is 9.92 Å². The first-order valence-corrected chi connectivity index (χ1v) is 11.9. The number of nitrogens with one attached hydrogen (secondary N) is 1. The minimum Gasteiger partial charge on any atom is -0.388 e. The predicted octanol–water partition coefficient (Wildman–Crippen LogP) is 2.77. The van der Waals surface area contributed by atoms with Gasteiger partial charge in [0, 0.05) is 11.9 Å². The number of aryl methyl sites for hydroxylation is 1. The Morgan fingerprint density at radius 3 is 2.83 bits per heavy atom. The molecular formula is C19H24N4O4S2. The second-order valence-corrected chi connectivity index (χ2v) is 11.0. The third-order valence-electron chi connectivity index (χ3n) is 5.36. The molecule has 1 heterocycles. The van der Waals surface area contributed by atoms with Crippen LogP contribution in [0.2, 0.25) is 0 Å². The van der Waals surface area contributed by atoms with Crippen molar-refractivity contribution in [3.63, 3.8) is 0 Å². The summed E-state index contributed by atoms with van der Waals surface area (Å²) in [6, 6.07) is 1.24. The number of carbonyl (C=O) groups is 1. The number of urea groups is 1. The molecule has 0 aliphatic heterocycles. The normalized spacial score (nSPS) is 20.1. The molecule has 0 spiro atoms. The summed E-state index contributed by atoms with van der Waals surface area (Å²) in [5, 5.41) is 28.9. The Morgan fingerprint density at radius 2 is 2.14 bits per heavy atom. The van der Waals surface area contributed by atoms with E-state index in [0.29, 0.717) is 23.4 Å². The van der Waals surface area contributed by atoms with Crippen LogP contribution in [0.4, 0.5) is 10.5 Å². The van der Waals surface area contributed by atoms with Crippen molar-refractivity contribution >= 4 is 33.0 Å². The van der Waals surface area contributed by atoms with Gasteiger partial charge in [0.2, 0.25) is 4.34 Å². The molecule has 2 amide bonds. The van der Waals surface area contributed by atoms with Gasteiger partial charge in [0.25, 0.3) is 0 Å². The summed E-state index contributed by atoms with van der Waals surface area (Å²) in [4.78, 5) is 17.1. The van der Waals surface area contributed by atoms with Crippen molar-refractivity contribution in [2.75, 3.05) is 5.32 Å². The minimum atomic E-state index is -3.55. The first-order valence-electron chi connectivity index (χ1n) is 9.46. The van der Waals surface area contributed by atoms with Crippen LogP contribution in [0.1, 0.15) is 59.9 Å². The Hall–Kier alpha value is -1.85. The fourth-order valence-electron chi connectivity index (χ4n) is 3.94. The molecule has 8 nitrogen and oxygen atoms in total. The number of hydrogen-bond acceptors (Lipinski definition) is 6. The molecule has 2 aliphatic rings. The van der Waals surface area contributed by atoms with Crippen molar-refractivity contribution in [3.8, 4) is 0 Å². The van der Waals surface area contributed by atoms with E-state index in [-0.39, 0.29) is 4.34 Å². The van der Waals surface area contributed by atoms with E-state index in [1.165, 1.54) is 6.20 Å². The van der Waals surface area contributed by atoms with Gasteiger partial charge >= 0.3 is 6.03 Å². The highest BCUT2D eigenvalue weighted by atomic mass is 32.2. The highest BCUT2D eigenvalue weighted by Gasteiger charge is 2.29.